The molecule has 0 saturated carbocycles. The van der Waals surface area contributed by atoms with Crippen molar-refractivity contribution in [2.24, 2.45) is 5.92 Å². The van der Waals surface area contributed by atoms with Gasteiger partial charge in [-0.15, -0.1) is 0 Å². The molecule has 1 unspecified atom stereocenters. The van der Waals surface area contributed by atoms with Crippen molar-refractivity contribution in [1.29, 1.82) is 0 Å². The first-order valence-corrected chi connectivity index (χ1v) is 5.36. The zero-order valence-electron chi connectivity index (χ0n) is 9.03. The topological polar surface area (TPSA) is 69.6 Å². The molecule has 5 heteroatoms. The van der Waals surface area contributed by atoms with Crippen molar-refractivity contribution in [3.05, 3.63) is 0 Å². The third-order valence-electron chi connectivity index (χ3n) is 2.59. The van der Waals surface area contributed by atoms with Crippen molar-refractivity contribution < 1.29 is 14.7 Å². The number of carboxylic acid groups (broad SMARTS) is 1. The van der Waals surface area contributed by atoms with Gasteiger partial charge < -0.3 is 15.3 Å². The lowest BCUT2D eigenvalue weighted by Gasteiger charge is -2.21. The Hall–Kier alpha value is -1.10. The van der Waals surface area contributed by atoms with Crippen LogP contribution in [0.1, 0.15) is 19.8 Å². The maximum atomic E-state index is 11.6. The third kappa shape index (κ3) is 3.51. The van der Waals surface area contributed by atoms with E-state index in [4.69, 9.17) is 5.11 Å². The number of carbonyl (C=O) groups excluding carboxylic acids is 1. The lowest BCUT2D eigenvalue weighted by atomic mass is 10.1. The second-order valence-electron chi connectivity index (χ2n) is 3.86. The van der Waals surface area contributed by atoms with Gasteiger partial charge in [0.15, 0.2) is 0 Å². The van der Waals surface area contributed by atoms with Crippen molar-refractivity contribution in [1.82, 2.24) is 10.2 Å². The van der Waals surface area contributed by atoms with Crippen molar-refractivity contribution in [2.45, 2.75) is 19.8 Å². The Balaban J connectivity index is 2.56. The van der Waals surface area contributed by atoms with Gasteiger partial charge in [0.25, 0.3) is 0 Å². The number of carboxylic acids is 1. The molecule has 0 bridgehead atoms. The molecule has 1 atom stereocenters. The van der Waals surface area contributed by atoms with E-state index < -0.39 is 11.9 Å². The maximum Gasteiger partial charge on any atom is 0.309 e. The van der Waals surface area contributed by atoms with Gasteiger partial charge in [0.2, 0.25) is 5.91 Å². The van der Waals surface area contributed by atoms with Gasteiger partial charge in [-0.2, -0.15) is 0 Å². The summed E-state index contributed by atoms with van der Waals surface area (Å²) in [5.41, 5.74) is 0. The van der Waals surface area contributed by atoms with Crippen LogP contribution in [0.2, 0.25) is 0 Å². The van der Waals surface area contributed by atoms with Crippen LogP contribution >= 0.6 is 0 Å². The molecule has 1 aliphatic heterocycles. The summed E-state index contributed by atoms with van der Waals surface area (Å²) in [4.78, 5) is 24.1. The van der Waals surface area contributed by atoms with Gasteiger partial charge in [-0.3, -0.25) is 9.59 Å². The fourth-order valence-corrected chi connectivity index (χ4v) is 1.63. The Morgan fingerprint density at radius 3 is 3.00 bits per heavy atom. The van der Waals surface area contributed by atoms with E-state index in [0.717, 1.165) is 12.8 Å². The number of amides is 1. The maximum absolute atomic E-state index is 11.6. The highest BCUT2D eigenvalue weighted by Gasteiger charge is 2.26. The molecule has 0 aromatic carbocycles. The standard InChI is InChI=1S/C10H18N2O3/c1-2-3-4-12-7-8(10(14)15)5-11-6-9(12)13/h8,11H,2-7H2,1H3,(H,14,15). The van der Waals surface area contributed by atoms with Crippen LogP contribution in [0.15, 0.2) is 0 Å². The average Bonchev–Trinajstić information content (AvgIpc) is 2.37. The quantitative estimate of drug-likeness (QED) is 0.686. The van der Waals surface area contributed by atoms with E-state index in [2.05, 4.69) is 12.2 Å². The van der Waals surface area contributed by atoms with Crippen LogP contribution in [-0.2, 0) is 9.59 Å². The SMILES string of the molecule is CCCCN1CC(C(=O)O)CNCC1=O. The van der Waals surface area contributed by atoms with Crippen molar-refractivity contribution in [3.8, 4) is 0 Å². The largest absolute Gasteiger partial charge is 0.481 e. The molecule has 2 N–H and O–H groups in total. The third-order valence-corrected chi connectivity index (χ3v) is 2.59. The van der Waals surface area contributed by atoms with Gasteiger partial charge in [-0.25, -0.2) is 0 Å². The summed E-state index contributed by atoms with van der Waals surface area (Å²) in [5.74, 6) is -1.31. The number of nitrogens with one attached hydrogen (secondary N) is 1. The molecular formula is C10H18N2O3. The summed E-state index contributed by atoms with van der Waals surface area (Å²) in [6, 6.07) is 0. The summed E-state index contributed by atoms with van der Waals surface area (Å²) in [6.07, 6.45) is 1.94. The van der Waals surface area contributed by atoms with Crippen molar-refractivity contribution >= 4 is 11.9 Å². The predicted octanol–water partition coefficient (Wildman–Crippen LogP) is -0.0809. The Kier molecular flexibility index (Phi) is 4.55. The average molecular weight is 214 g/mol. The van der Waals surface area contributed by atoms with E-state index in [0.29, 0.717) is 19.6 Å². The number of hydrogen-bond donors (Lipinski definition) is 2. The molecule has 1 heterocycles. The molecule has 86 valence electrons. The van der Waals surface area contributed by atoms with E-state index >= 15 is 0 Å². The van der Waals surface area contributed by atoms with E-state index in [9.17, 15) is 9.59 Å². The van der Waals surface area contributed by atoms with Crippen LogP contribution in [0.4, 0.5) is 0 Å². The molecule has 0 aromatic heterocycles. The van der Waals surface area contributed by atoms with E-state index in [1.54, 1.807) is 4.90 Å². The minimum Gasteiger partial charge on any atom is -0.481 e. The van der Waals surface area contributed by atoms with Crippen LogP contribution in [0.25, 0.3) is 0 Å². The molecule has 1 aliphatic rings. The van der Waals surface area contributed by atoms with Gasteiger partial charge in [0.05, 0.1) is 12.5 Å². The van der Waals surface area contributed by atoms with Crippen LogP contribution in [-0.4, -0.2) is 48.1 Å². The first-order chi connectivity index (χ1) is 7.15. The lowest BCUT2D eigenvalue weighted by molar-refractivity contribution is -0.142. The molecule has 0 radical (unpaired) electrons. The second-order valence-corrected chi connectivity index (χ2v) is 3.86. The second kappa shape index (κ2) is 5.70. The van der Waals surface area contributed by atoms with Gasteiger partial charge in [-0.1, -0.05) is 13.3 Å². The highest BCUT2D eigenvalue weighted by Crippen LogP contribution is 2.06. The first kappa shape index (κ1) is 12.0. The molecule has 1 rings (SSSR count). The fraction of sp³-hybridized carbons (Fsp3) is 0.800. The van der Waals surface area contributed by atoms with Gasteiger partial charge >= 0.3 is 5.97 Å². The molecule has 15 heavy (non-hydrogen) atoms. The minimum absolute atomic E-state index is 0.00667. The zero-order chi connectivity index (χ0) is 11.3. The predicted molar refractivity (Wildman–Crippen MR) is 55.5 cm³/mol. The molecule has 1 amide bonds. The van der Waals surface area contributed by atoms with Crippen LogP contribution < -0.4 is 5.32 Å². The lowest BCUT2D eigenvalue weighted by Crippen LogP contribution is -2.37. The summed E-state index contributed by atoms with van der Waals surface area (Å²) in [5, 5.41) is 11.8. The fourth-order valence-electron chi connectivity index (χ4n) is 1.63. The van der Waals surface area contributed by atoms with Gasteiger partial charge in [-0.05, 0) is 6.42 Å². The van der Waals surface area contributed by atoms with E-state index in [1.165, 1.54) is 0 Å². The Morgan fingerprint density at radius 1 is 1.67 bits per heavy atom. The molecule has 5 nitrogen and oxygen atoms in total. The normalized spacial score (nSPS) is 22.6. The Morgan fingerprint density at radius 2 is 2.40 bits per heavy atom. The van der Waals surface area contributed by atoms with Gasteiger partial charge in [0.1, 0.15) is 0 Å². The number of hydrogen-bond acceptors (Lipinski definition) is 3. The monoisotopic (exact) mass is 214 g/mol. The minimum atomic E-state index is -0.835. The number of aliphatic carboxylic acids is 1. The summed E-state index contributed by atoms with van der Waals surface area (Å²) in [7, 11) is 0. The Labute approximate surface area is 89.4 Å². The van der Waals surface area contributed by atoms with Crippen molar-refractivity contribution in [3.63, 3.8) is 0 Å². The zero-order valence-corrected chi connectivity index (χ0v) is 9.03. The summed E-state index contributed by atoms with van der Waals surface area (Å²) >= 11 is 0. The number of unbranched alkanes of at least 4 members (excludes halogenated alkanes) is 1. The Bertz CT molecular complexity index is 243. The number of nitrogens with zero attached hydrogens (tertiary/aromatic N) is 1. The van der Waals surface area contributed by atoms with Crippen LogP contribution in [0.3, 0.4) is 0 Å². The summed E-state index contributed by atoms with van der Waals surface area (Å²) in [6.45, 7) is 3.69. The summed E-state index contributed by atoms with van der Waals surface area (Å²) < 4.78 is 0. The smallest absolute Gasteiger partial charge is 0.309 e. The van der Waals surface area contributed by atoms with Gasteiger partial charge in [0, 0.05) is 19.6 Å². The highest BCUT2D eigenvalue weighted by atomic mass is 16.4. The molecule has 1 fully saturated rings. The van der Waals surface area contributed by atoms with Crippen molar-refractivity contribution in [2.75, 3.05) is 26.2 Å². The molecule has 0 spiro atoms. The number of carbonyl (C=O) groups is 2. The first-order valence-electron chi connectivity index (χ1n) is 5.36. The number of rotatable bonds is 4. The molecule has 0 aliphatic carbocycles. The molecular weight excluding hydrogens is 196 g/mol. The van der Waals surface area contributed by atoms with Crippen LogP contribution in [0.5, 0.6) is 0 Å². The molecule has 1 saturated heterocycles. The van der Waals surface area contributed by atoms with E-state index in [-0.39, 0.29) is 12.5 Å². The molecule has 0 aromatic rings. The highest BCUT2D eigenvalue weighted by molar-refractivity contribution is 5.80. The van der Waals surface area contributed by atoms with E-state index in [1.807, 2.05) is 0 Å². The van der Waals surface area contributed by atoms with Crippen LogP contribution in [0, 0.1) is 5.92 Å².